The van der Waals surface area contributed by atoms with Gasteiger partial charge in [-0.05, 0) is 18.1 Å². The molecule has 130 valence electrons. The number of carboxylic acid groups (broad SMARTS) is 1. The number of nitrogens with one attached hydrogen (secondary N) is 1. The third kappa shape index (κ3) is 6.57. The lowest BCUT2D eigenvalue weighted by Gasteiger charge is -2.15. The van der Waals surface area contributed by atoms with E-state index in [-0.39, 0.29) is 12.0 Å². The number of carboxylic acids is 1. The summed E-state index contributed by atoms with van der Waals surface area (Å²) < 4.78 is 63.8. The van der Waals surface area contributed by atoms with Crippen LogP contribution in [0.1, 0.15) is 37.3 Å². The molecule has 9 heteroatoms. The number of halogens is 3. The van der Waals surface area contributed by atoms with Crippen LogP contribution in [-0.4, -0.2) is 25.5 Å². The van der Waals surface area contributed by atoms with Crippen LogP contribution in [0.5, 0.6) is 0 Å². The topological polar surface area (TPSA) is 83.5 Å². The van der Waals surface area contributed by atoms with Crippen LogP contribution >= 0.6 is 0 Å². The molecule has 23 heavy (non-hydrogen) atoms. The van der Waals surface area contributed by atoms with Crippen molar-refractivity contribution in [3.05, 3.63) is 35.4 Å². The summed E-state index contributed by atoms with van der Waals surface area (Å²) in [7, 11) is -4.07. The third-order valence-electron chi connectivity index (χ3n) is 3.08. The highest BCUT2D eigenvalue weighted by Gasteiger charge is 2.31. The maximum atomic E-state index is 12.6. The fraction of sp³-hybridized carbons (Fsp3) is 0.500. The molecule has 0 aliphatic heterocycles. The molecule has 0 unspecified atom stereocenters. The van der Waals surface area contributed by atoms with Crippen LogP contribution in [0.4, 0.5) is 13.2 Å². The standard InChI is InChI=1S/C14H18F3NO4S/c1-2-3-7-12(13(19)20)18-23(21,22)9-10-5-4-6-11(8-10)14(15,16)17/h4-6,8,12,18H,2-3,7,9H2,1H3,(H,19,20)/t12-/m0/s1. The number of carbonyl (C=O) groups is 1. The van der Waals surface area contributed by atoms with Crippen LogP contribution in [0.2, 0.25) is 0 Å². The van der Waals surface area contributed by atoms with Gasteiger partial charge in [-0.15, -0.1) is 0 Å². The molecular weight excluding hydrogens is 335 g/mol. The average Bonchev–Trinajstić information content (AvgIpc) is 2.42. The Morgan fingerprint density at radius 3 is 2.52 bits per heavy atom. The number of benzene rings is 1. The minimum Gasteiger partial charge on any atom is -0.480 e. The van der Waals surface area contributed by atoms with E-state index in [1.165, 1.54) is 6.07 Å². The summed E-state index contributed by atoms with van der Waals surface area (Å²) in [6.45, 7) is 1.83. The number of hydrogen-bond donors (Lipinski definition) is 2. The first-order valence-corrected chi connectivity index (χ1v) is 8.59. The second kappa shape index (κ2) is 7.78. The lowest BCUT2D eigenvalue weighted by molar-refractivity contribution is -0.139. The Bertz CT molecular complexity index is 644. The van der Waals surface area contributed by atoms with Gasteiger partial charge in [-0.2, -0.15) is 13.2 Å². The van der Waals surface area contributed by atoms with E-state index in [4.69, 9.17) is 5.11 Å². The molecule has 0 aliphatic carbocycles. The molecule has 2 N–H and O–H groups in total. The zero-order chi connectivity index (χ0) is 17.7. The molecule has 5 nitrogen and oxygen atoms in total. The Morgan fingerprint density at radius 2 is 2.00 bits per heavy atom. The van der Waals surface area contributed by atoms with Crippen molar-refractivity contribution in [1.82, 2.24) is 4.72 Å². The van der Waals surface area contributed by atoms with Gasteiger partial charge in [0.15, 0.2) is 0 Å². The molecule has 0 saturated carbocycles. The molecule has 1 rings (SSSR count). The second-order valence-corrected chi connectivity index (χ2v) is 6.86. The van der Waals surface area contributed by atoms with E-state index in [0.29, 0.717) is 12.8 Å². The lowest BCUT2D eigenvalue weighted by Crippen LogP contribution is -2.41. The highest BCUT2D eigenvalue weighted by molar-refractivity contribution is 7.88. The second-order valence-electron chi connectivity index (χ2n) is 5.11. The Kier molecular flexibility index (Phi) is 6.57. The summed E-state index contributed by atoms with van der Waals surface area (Å²) in [5.41, 5.74) is -1.02. The van der Waals surface area contributed by atoms with Gasteiger partial charge in [0.05, 0.1) is 11.3 Å². The molecule has 0 spiro atoms. The molecule has 1 aromatic carbocycles. The number of sulfonamides is 1. The predicted octanol–water partition coefficient (Wildman–Crippen LogP) is 2.77. The van der Waals surface area contributed by atoms with Crippen LogP contribution in [0.3, 0.4) is 0 Å². The fourth-order valence-electron chi connectivity index (χ4n) is 1.96. The first kappa shape index (κ1) is 19.4. The van der Waals surface area contributed by atoms with Crippen molar-refractivity contribution in [2.45, 2.75) is 44.2 Å². The largest absolute Gasteiger partial charge is 0.480 e. The maximum Gasteiger partial charge on any atom is 0.416 e. The first-order chi connectivity index (χ1) is 10.5. The van der Waals surface area contributed by atoms with E-state index in [1.54, 1.807) is 0 Å². The van der Waals surface area contributed by atoms with Crippen molar-refractivity contribution in [3.63, 3.8) is 0 Å². The summed E-state index contributed by atoms with van der Waals surface area (Å²) in [5.74, 6) is -2.03. The smallest absolute Gasteiger partial charge is 0.416 e. The quantitative estimate of drug-likeness (QED) is 0.753. The summed E-state index contributed by atoms with van der Waals surface area (Å²) in [6.07, 6.45) is -3.24. The monoisotopic (exact) mass is 353 g/mol. The van der Waals surface area contributed by atoms with Crippen molar-refractivity contribution >= 4 is 16.0 Å². The SMILES string of the molecule is CCCC[C@H](NS(=O)(=O)Cc1cccc(C(F)(F)F)c1)C(=O)O. The summed E-state index contributed by atoms with van der Waals surface area (Å²) in [5, 5.41) is 9.00. The van der Waals surface area contributed by atoms with E-state index in [9.17, 15) is 26.4 Å². The van der Waals surface area contributed by atoms with Gasteiger partial charge in [0.2, 0.25) is 10.0 Å². The average molecular weight is 353 g/mol. The van der Waals surface area contributed by atoms with Crippen LogP contribution < -0.4 is 4.72 Å². The van der Waals surface area contributed by atoms with Gasteiger partial charge in [0.1, 0.15) is 6.04 Å². The van der Waals surface area contributed by atoms with Gasteiger partial charge >= 0.3 is 12.1 Å². The summed E-state index contributed by atoms with van der Waals surface area (Å²) >= 11 is 0. The fourth-order valence-corrected chi connectivity index (χ4v) is 3.31. The molecule has 1 atom stereocenters. The zero-order valence-corrected chi connectivity index (χ0v) is 13.2. The Morgan fingerprint density at radius 1 is 1.35 bits per heavy atom. The highest BCUT2D eigenvalue weighted by Crippen LogP contribution is 2.29. The molecular formula is C14H18F3NO4S. The van der Waals surface area contributed by atoms with Gasteiger partial charge in [0.25, 0.3) is 0 Å². The lowest BCUT2D eigenvalue weighted by atomic mass is 10.1. The number of rotatable bonds is 8. The van der Waals surface area contributed by atoms with Crippen molar-refractivity contribution in [1.29, 1.82) is 0 Å². The molecule has 0 aliphatic rings. The van der Waals surface area contributed by atoms with Crippen molar-refractivity contribution in [3.8, 4) is 0 Å². The molecule has 0 fully saturated rings. The van der Waals surface area contributed by atoms with Gasteiger partial charge < -0.3 is 5.11 Å². The zero-order valence-electron chi connectivity index (χ0n) is 12.4. The Balaban J connectivity index is 2.87. The molecule has 1 aromatic rings. The highest BCUT2D eigenvalue weighted by atomic mass is 32.2. The van der Waals surface area contributed by atoms with Crippen molar-refractivity contribution in [2.75, 3.05) is 0 Å². The van der Waals surface area contributed by atoms with Crippen LogP contribution in [-0.2, 0) is 26.7 Å². The van der Waals surface area contributed by atoms with Gasteiger partial charge in [-0.25, -0.2) is 13.1 Å². The molecule has 0 saturated heterocycles. The van der Waals surface area contributed by atoms with E-state index in [0.717, 1.165) is 18.2 Å². The van der Waals surface area contributed by atoms with Crippen molar-refractivity contribution < 1.29 is 31.5 Å². The molecule has 0 aromatic heterocycles. The number of alkyl halides is 3. The van der Waals surface area contributed by atoms with E-state index in [2.05, 4.69) is 0 Å². The van der Waals surface area contributed by atoms with Gasteiger partial charge in [-0.3, -0.25) is 4.79 Å². The summed E-state index contributed by atoms with van der Waals surface area (Å²) in [4.78, 5) is 11.0. The minimum absolute atomic E-state index is 0.0630. The van der Waals surface area contributed by atoms with Crippen LogP contribution in [0.15, 0.2) is 24.3 Å². The Labute approximate surface area is 132 Å². The van der Waals surface area contributed by atoms with Gasteiger partial charge in [0, 0.05) is 0 Å². The van der Waals surface area contributed by atoms with E-state index < -0.39 is 39.5 Å². The van der Waals surface area contributed by atoms with Crippen LogP contribution in [0, 0.1) is 0 Å². The Hall–Kier alpha value is -1.61. The number of unbranched alkanes of at least 4 members (excludes halogenated alkanes) is 1. The molecule has 0 bridgehead atoms. The van der Waals surface area contributed by atoms with Crippen LogP contribution in [0.25, 0.3) is 0 Å². The molecule has 0 heterocycles. The van der Waals surface area contributed by atoms with Crippen molar-refractivity contribution in [2.24, 2.45) is 0 Å². The van der Waals surface area contributed by atoms with E-state index >= 15 is 0 Å². The normalized spacial score (nSPS) is 13.7. The molecule has 0 amide bonds. The predicted molar refractivity (Wildman–Crippen MR) is 78.2 cm³/mol. The third-order valence-corrected chi connectivity index (χ3v) is 4.43. The maximum absolute atomic E-state index is 12.6. The minimum atomic E-state index is -4.57. The van der Waals surface area contributed by atoms with Gasteiger partial charge in [-0.1, -0.05) is 38.0 Å². The number of hydrogen-bond acceptors (Lipinski definition) is 3. The number of aliphatic carboxylic acids is 1. The molecule has 0 radical (unpaired) electrons. The van der Waals surface area contributed by atoms with E-state index in [1.807, 2.05) is 11.6 Å². The summed E-state index contributed by atoms with van der Waals surface area (Å²) in [6, 6.07) is 2.65. The first-order valence-electron chi connectivity index (χ1n) is 6.94.